The molecule has 10 heteroatoms. The predicted molar refractivity (Wildman–Crippen MR) is 56.1 cm³/mol. The Balaban J connectivity index is 6.11. The molecule has 0 spiro atoms. The summed E-state index contributed by atoms with van der Waals surface area (Å²) in [6.45, 7) is 1.42. The molecule has 0 saturated heterocycles. The molecule has 0 heterocycles. The second kappa shape index (κ2) is 5.47. The van der Waals surface area contributed by atoms with Crippen LogP contribution in [0.3, 0.4) is 0 Å². The first-order valence-corrected chi connectivity index (χ1v) is 6.46. The maximum atomic E-state index is 11.2. The van der Waals surface area contributed by atoms with Gasteiger partial charge in [0.25, 0.3) is 5.41 Å². The van der Waals surface area contributed by atoms with E-state index in [1.807, 2.05) is 0 Å². The van der Waals surface area contributed by atoms with Crippen molar-refractivity contribution in [2.24, 2.45) is 5.41 Å². The SMILES string of the molecule is CCCC(C(C(=O)O)(C(=O)O)C(=O)O)P(=O)(O)O. The average Bonchev–Trinajstić information content (AvgIpc) is 2.14. The van der Waals surface area contributed by atoms with Gasteiger partial charge in [-0.15, -0.1) is 0 Å². The molecule has 1 atom stereocenters. The summed E-state index contributed by atoms with van der Waals surface area (Å²) in [4.78, 5) is 50.9. The number of rotatable bonds is 7. The van der Waals surface area contributed by atoms with Crippen molar-refractivity contribution in [3.8, 4) is 0 Å². The molecule has 0 aliphatic carbocycles. The van der Waals surface area contributed by atoms with Crippen LogP contribution in [0.2, 0.25) is 0 Å². The Bertz CT molecular complexity index is 373. The van der Waals surface area contributed by atoms with Crippen LogP contribution < -0.4 is 0 Å². The van der Waals surface area contributed by atoms with Crippen LogP contribution in [0.15, 0.2) is 0 Å². The quantitative estimate of drug-likeness (QED) is 0.307. The zero-order chi connectivity index (χ0) is 14.7. The maximum absolute atomic E-state index is 11.2. The van der Waals surface area contributed by atoms with Crippen molar-refractivity contribution in [2.75, 3.05) is 0 Å². The molecule has 0 radical (unpaired) electrons. The Kier molecular flexibility index (Phi) is 5.03. The molecule has 0 aliphatic heterocycles. The normalized spacial score (nSPS) is 13.9. The van der Waals surface area contributed by atoms with Crippen molar-refractivity contribution < 1.29 is 44.1 Å². The van der Waals surface area contributed by atoms with E-state index in [1.165, 1.54) is 6.92 Å². The summed E-state index contributed by atoms with van der Waals surface area (Å²) < 4.78 is 11.2. The van der Waals surface area contributed by atoms with E-state index in [1.54, 1.807) is 0 Å². The third-order valence-electron chi connectivity index (χ3n) is 2.48. The third-order valence-corrected chi connectivity index (χ3v) is 3.94. The molecule has 0 bridgehead atoms. The second-order valence-corrected chi connectivity index (χ2v) is 5.42. The van der Waals surface area contributed by atoms with E-state index in [0.717, 1.165) is 0 Å². The van der Waals surface area contributed by atoms with E-state index in [2.05, 4.69) is 0 Å². The Morgan fingerprint density at radius 2 is 1.39 bits per heavy atom. The minimum Gasteiger partial charge on any atom is -0.480 e. The molecule has 0 aromatic heterocycles. The molecule has 1 unspecified atom stereocenters. The summed E-state index contributed by atoms with van der Waals surface area (Å²) in [5.41, 5.74) is -5.89. The van der Waals surface area contributed by atoms with E-state index in [-0.39, 0.29) is 6.42 Å². The fourth-order valence-corrected chi connectivity index (χ4v) is 3.04. The van der Waals surface area contributed by atoms with Gasteiger partial charge in [0.15, 0.2) is 0 Å². The lowest BCUT2D eigenvalue weighted by Gasteiger charge is -2.29. The highest BCUT2D eigenvalue weighted by molar-refractivity contribution is 7.52. The lowest BCUT2D eigenvalue weighted by molar-refractivity contribution is -0.176. The Morgan fingerprint density at radius 3 is 1.56 bits per heavy atom. The molecule has 104 valence electrons. The van der Waals surface area contributed by atoms with Gasteiger partial charge in [-0.2, -0.15) is 0 Å². The molecule has 0 aromatic rings. The zero-order valence-electron chi connectivity index (χ0n) is 9.31. The van der Waals surface area contributed by atoms with Gasteiger partial charge in [0.2, 0.25) is 0 Å². The molecule has 0 amide bonds. The van der Waals surface area contributed by atoms with E-state index < -0.39 is 43.0 Å². The third kappa shape index (κ3) is 2.69. The lowest BCUT2D eigenvalue weighted by atomic mass is 9.82. The molecule has 9 nitrogen and oxygen atoms in total. The van der Waals surface area contributed by atoms with Crippen molar-refractivity contribution >= 4 is 25.5 Å². The summed E-state index contributed by atoms with van der Waals surface area (Å²) in [7, 11) is -5.22. The molecular weight excluding hydrogens is 271 g/mol. The smallest absolute Gasteiger partial charge is 0.333 e. The van der Waals surface area contributed by atoms with E-state index in [9.17, 15) is 18.9 Å². The van der Waals surface area contributed by atoms with Crippen molar-refractivity contribution in [3.63, 3.8) is 0 Å². The van der Waals surface area contributed by atoms with Crippen molar-refractivity contribution in [1.29, 1.82) is 0 Å². The first kappa shape index (κ1) is 16.6. The van der Waals surface area contributed by atoms with Crippen LogP contribution >= 0.6 is 7.60 Å². The van der Waals surface area contributed by atoms with Gasteiger partial charge in [-0.05, 0) is 6.42 Å². The van der Waals surface area contributed by atoms with Crippen LogP contribution in [0, 0.1) is 5.41 Å². The van der Waals surface area contributed by atoms with E-state index in [4.69, 9.17) is 25.1 Å². The molecule has 0 aliphatic rings. The summed E-state index contributed by atoms with van der Waals surface area (Å²) in [5.74, 6) is -6.95. The van der Waals surface area contributed by atoms with Gasteiger partial charge in [-0.1, -0.05) is 13.3 Å². The minimum absolute atomic E-state index is 0.0192. The first-order valence-electron chi connectivity index (χ1n) is 4.78. The predicted octanol–water partition coefficient (Wildman–Crippen LogP) is -0.427. The van der Waals surface area contributed by atoms with E-state index in [0.29, 0.717) is 0 Å². The Labute approximate surface area is 101 Å². The highest BCUT2D eigenvalue weighted by atomic mass is 31.2. The fourth-order valence-electron chi connectivity index (χ4n) is 1.61. The summed E-state index contributed by atoms with van der Waals surface area (Å²) in [5, 5.41) is 26.5. The molecule has 0 rings (SSSR count). The second-order valence-electron chi connectivity index (χ2n) is 3.62. The zero-order valence-corrected chi connectivity index (χ0v) is 10.2. The summed E-state index contributed by atoms with van der Waals surface area (Å²) in [6, 6.07) is 0. The standard InChI is InChI=1S/C8H13O9P/c1-2-3-4(18(15,16)17)8(5(9)10,6(11)12)7(13)14/h4H,2-3H2,1H3,(H,9,10)(H,11,12)(H,13,14)(H2,15,16,17). The van der Waals surface area contributed by atoms with Gasteiger partial charge < -0.3 is 25.1 Å². The molecular formula is C8H13O9P. The number of carbonyl (C=O) groups is 3. The molecule has 0 aromatic carbocycles. The van der Waals surface area contributed by atoms with Crippen LogP contribution in [-0.2, 0) is 18.9 Å². The minimum atomic E-state index is -5.22. The van der Waals surface area contributed by atoms with Gasteiger partial charge in [0.1, 0.15) is 0 Å². The number of hydrogen-bond acceptors (Lipinski definition) is 4. The highest BCUT2D eigenvalue weighted by Crippen LogP contribution is 2.52. The van der Waals surface area contributed by atoms with Gasteiger partial charge in [-0.3, -0.25) is 18.9 Å². The Morgan fingerprint density at radius 1 is 1.06 bits per heavy atom. The van der Waals surface area contributed by atoms with Gasteiger partial charge in [0.05, 0.1) is 5.66 Å². The van der Waals surface area contributed by atoms with Crippen LogP contribution in [0.1, 0.15) is 19.8 Å². The van der Waals surface area contributed by atoms with Crippen molar-refractivity contribution in [3.05, 3.63) is 0 Å². The Hall–Kier alpha value is -1.44. The topological polar surface area (TPSA) is 169 Å². The average molecular weight is 284 g/mol. The van der Waals surface area contributed by atoms with Gasteiger partial charge >= 0.3 is 25.5 Å². The number of hydrogen-bond donors (Lipinski definition) is 5. The molecule has 18 heavy (non-hydrogen) atoms. The number of aliphatic carboxylic acids is 3. The van der Waals surface area contributed by atoms with Gasteiger partial charge in [-0.25, -0.2) is 0 Å². The van der Waals surface area contributed by atoms with Crippen LogP contribution in [0.5, 0.6) is 0 Å². The lowest BCUT2D eigenvalue weighted by Crippen LogP contribution is -2.54. The number of carboxylic acid groups (broad SMARTS) is 3. The van der Waals surface area contributed by atoms with Crippen LogP contribution in [0.25, 0.3) is 0 Å². The molecule has 0 saturated carbocycles. The fraction of sp³-hybridized carbons (Fsp3) is 0.625. The van der Waals surface area contributed by atoms with E-state index >= 15 is 0 Å². The molecule has 0 fully saturated rings. The van der Waals surface area contributed by atoms with Crippen LogP contribution in [0.4, 0.5) is 0 Å². The maximum Gasteiger partial charge on any atom is 0.333 e. The van der Waals surface area contributed by atoms with Crippen molar-refractivity contribution in [1.82, 2.24) is 0 Å². The first-order chi connectivity index (χ1) is 8.02. The van der Waals surface area contributed by atoms with Crippen molar-refractivity contribution in [2.45, 2.75) is 25.4 Å². The largest absolute Gasteiger partial charge is 0.480 e. The number of carboxylic acids is 3. The monoisotopic (exact) mass is 284 g/mol. The summed E-state index contributed by atoms with van der Waals surface area (Å²) in [6.07, 6.45) is -0.527. The molecule has 5 N–H and O–H groups in total. The highest BCUT2D eigenvalue weighted by Gasteiger charge is 2.65. The van der Waals surface area contributed by atoms with Gasteiger partial charge in [0, 0.05) is 0 Å². The van der Waals surface area contributed by atoms with Crippen LogP contribution in [-0.4, -0.2) is 48.7 Å². The summed E-state index contributed by atoms with van der Waals surface area (Å²) >= 11 is 0.